The Bertz CT molecular complexity index is 898. The first-order valence-corrected chi connectivity index (χ1v) is 11.3. The Balaban J connectivity index is 2.67. The molecular formula is C20H28NO4PS. The number of benzene rings is 1. The van der Waals surface area contributed by atoms with Gasteiger partial charge in [-0.05, 0) is 43.9 Å². The first-order chi connectivity index (χ1) is 12.4. The summed E-state index contributed by atoms with van der Waals surface area (Å²) < 4.78 is 21.3. The third-order valence-corrected chi connectivity index (χ3v) is 8.61. The van der Waals surface area contributed by atoms with Gasteiger partial charge in [0.15, 0.2) is 0 Å². The molecule has 148 valence electrons. The molecule has 0 radical (unpaired) electrons. The first-order valence-electron chi connectivity index (χ1n) is 8.86. The van der Waals surface area contributed by atoms with Crippen molar-refractivity contribution in [3.05, 3.63) is 45.1 Å². The topological polar surface area (TPSA) is 66.8 Å². The average molecular weight is 409 g/mol. The molecule has 27 heavy (non-hydrogen) atoms. The van der Waals surface area contributed by atoms with Crippen LogP contribution in [0.1, 0.15) is 53.4 Å². The van der Waals surface area contributed by atoms with Gasteiger partial charge in [-0.2, -0.15) is 0 Å². The van der Waals surface area contributed by atoms with E-state index in [4.69, 9.17) is 4.52 Å². The van der Waals surface area contributed by atoms with Gasteiger partial charge >= 0.3 is 13.5 Å². The fraction of sp³-hybridized carbons (Fsp3) is 0.450. The highest BCUT2D eigenvalue weighted by molar-refractivity contribution is 7.68. The third kappa shape index (κ3) is 4.29. The molecule has 1 unspecified atom stereocenters. The molecule has 0 saturated carbocycles. The number of aryl methyl sites for hydroxylation is 2. The lowest BCUT2D eigenvalue weighted by atomic mass is 9.94. The van der Waals surface area contributed by atoms with Crippen molar-refractivity contribution in [1.29, 1.82) is 0 Å². The standard InChI is InChI=1S/C20H28NO4PS/c1-8-25-26(24,16-10-9-13(2)11-14(16)3)21(7)15-12-17(20(4,5)6)27-18(15)19(22)23/h9-12H,8H2,1-7H3,(H,22,23). The summed E-state index contributed by atoms with van der Waals surface area (Å²) in [5, 5.41) is 10.3. The van der Waals surface area contributed by atoms with Gasteiger partial charge in [0.2, 0.25) is 0 Å². The number of rotatable bonds is 6. The van der Waals surface area contributed by atoms with E-state index in [1.54, 1.807) is 14.0 Å². The van der Waals surface area contributed by atoms with Crippen LogP contribution in [-0.4, -0.2) is 24.7 Å². The minimum atomic E-state index is -3.47. The van der Waals surface area contributed by atoms with Gasteiger partial charge in [-0.25, -0.2) is 4.79 Å². The van der Waals surface area contributed by atoms with Crippen LogP contribution in [-0.2, 0) is 14.5 Å². The number of anilines is 1. The maximum atomic E-state index is 14.0. The lowest BCUT2D eigenvalue weighted by Gasteiger charge is -2.30. The Labute approximate surface area is 165 Å². The number of aromatic carboxylic acids is 1. The summed E-state index contributed by atoms with van der Waals surface area (Å²) in [5.74, 6) is -1.03. The minimum absolute atomic E-state index is 0.173. The van der Waals surface area contributed by atoms with E-state index in [0.717, 1.165) is 16.0 Å². The SMILES string of the molecule is CCOP(=O)(c1ccc(C)cc1C)N(C)c1cc(C(C)(C)C)sc1C(=O)O. The van der Waals surface area contributed by atoms with E-state index >= 15 is 0 Å². The molecule has 1 atom stereocenters. The molecule has 0 aliphatic carbocycles. The van der Waals surface area contributed by atoms with Crippen molar-refractivity contribution in [2.45, 2.75) is 47.0 Å². The van der Waals surface area contributed by atoms with Crippen LogP contribution in [0.4, 0.5) is 5.69 Å². The number of carboxylic acid groups (broad SMARTS) is 1. The number of carbonyl (C=O) groups is 1. The quantitative estimate of drug-likeness (QED) is 0.651. The largest absolute Gasteiger partial charge is 0.477 e. The van der Waals surface area contributed by atoms with Gasteiger partial charge in [0.05, 0.1) is 17.6 Å². The summed E-state index contributed by atoms with van der Waals surface area (Å²) in [4.78, 5) is 12.9. The Hall–Kier alpha value is -1.62. The van der Waals surface area contributed by atoms with Crippen molar-refractivity contribution < 1.29 is 19.0 Å². The first kappa shape index (κ1) is 21.7. The molecule has 1 aromatic heterocycles. The minimum Gasteiger partial charge on any atom is -0.477 e. The molecule has 5 nitrogen and oxygen atoms in total. The maximum absolute atomic E-state index is 14.0. The van der Waals surface area contributed by atoms with Crippen LogP contribution in [0.2, 0.25) is 0 Å². The molecule has 2 aromatic rings. The Morgan fingerprint density at radius 1 is 1.26 bits per heavy atom. The average Bonchev–Trinajstić information content (AvgIpc) is 2.99. The molecule has 7 heteroatoms. The molecule has 0 saturated heterocycles. The smallest absolute Gasteiger partial charge is 0.348 e. The van der Waals surface area contributed by atoms with Gasteiger partial charge in [-0.1, -0.05) is 38.5 Å². The molecule has 0 aliphatic heterocycles. The highest BCUT2D eigenvalue weighted by Gasteiger charge is 2.36. The summed E-state index contributed by atoms with van der Waals surface area (Å²) >= 11 is 1.22. The molecule has 0 fully saturated rings. The Morgan fingerprint density at radius 3 is 2.37 bits per heavy atom. The van der Waals surface area contributed by atoms with E-state index in [2.05, 4.69) is 0 Å². The lowest BCUT2D eigenvalue weighted by Crippen LogP contribution is -2.26. The molecule has 1 heterocycles. The third-order valence-electron chi connectivity index (χ3n) is 4.35. The maximum Gasteiger partial charge on any atom is 0.348 e. The van der Waals surface area contributed by atoms with Crippen LogP contribution < -0.4 is 9.97 Å². The summed E-state index contributed by atoms with van der Waals surface area (Å²) in [6, 6.07) is 7.49. The van der Waals surface area contributed by atoms with Gasteiger partial charge in [0.25, 0.3) is 0 Å². The van der Waals surface area contributed by atoms with Crippen molar-refractivity contribution in [3.8, 4) is 0 Å². The van der Waals surface area contributed by atoms with Gasteiger partial charge in [0, 0.05) is 11.9 Å². The summed E-state index contributed by atoms with van der Waals surface area (Å²) in [6.07, 6.45) is 0. The van der Waals surface area contributed by atoms with E-state index in [1.807, 2.05) is 58.9 Å². The van der Waals surface area contributed by atoms with Crippen LogP contribution >= 0.6 is 18.9 Å². The molecule has 0 spiro atoms. The van der Waals surface area contributed by atoms with E-state index in [9.17, 15) is 14.5 Å². The van der Waals surface area contributed by atoms with E-state index in [-0.39, 0.29) is 16.9 Å². The van der Waals surface area contributed by atoms with Gasteiger partial charge < -0.3 is 9.63 Å². The van der Waals surface area contributed by atoms with E-state index in [1.165, 1.54) is 16.0 Å². The van der Waals surface area contributed by atoms with Gasteiger partial charge in [0.1, 0.15) is 4.88 Å². The highest BCUT2D eigenvalue weighted by Crippen LogP contribution is 2.54. The van der Waals surface area contributed by atoms with E-state index < -0.39 is 13.5 Å². The summed E-state index contributed by atoms with van der Waals surface area (Å²) in [5.41, 5.74) is 2.15. The second-order valence-electron chi connectivity index (χ2n) is 7.63. The number of thiophene rings is 1. The van der Waals surface area contributed by atoms with E-state index in [0.29, 0.717) is 11.0 Å². The molecule has 2 rings (SSSR count). The van der Waals surface area contributed by atoms with Crippen LogP contribution in [0.15, 0.2) is 24.3 Å². The Morgan fingerprint density at radius 2 is 1.89 bits per heavy atom. The fourth-order valence-electron chi connectivity index (χ4n) is 2.90. The number of hydrogen-bond acceptors (Lipinski definition) is 4. The molecule has 1 N–H and O–H groups in total. The number of hydrogen-bond donors (Lipinski definition) is 1. The van der Waals surface area contributed by atoms with Crippen molar-refractivity contribution >= 4 is 35.8 Å². The van der Waals surface area contributed by atoms with Crippen molar-refractivity contribution in [1.82, 2.24) is 0 Å². The zero-order valence-electron chi connectivity index (χ0n) is 17.0. The van der Waals surface area contributed by atoms with Gasteiger partial charge in [-0.3, -0.25) is 9.24 Å². The molecule has 0 aliphatic rings. The molecule has 1 aromatic carbocycles. The zero-order chi connectivity index (χ0) is 20.6. The lowest BCUT2D eigenvalue weighted by molar-refractivity contribution is 0.0703. The summed E-state index contributed by atoms with van der Waals surface area (Å²) in [7, 11) is -1.82. The predicted molar refractivity (Wildman–Crippen MR) is 113 cm³/mol. The van der Waals surface area contributed by atoms with Crippen molar-refractivity contribution in [2.75, 3.05) is 18.3 Å². The van der Waals surface area contributed by atoms with Gasteiger partial charge in [-0.15, -0.1) is 11.3 Å². The monoisotopic (exact) mass is 409 g/mol. The fourth-order valence-corrected chi connectivity index (χ4v) is 6.25. The number of nitrogens with zero attached hydrogens (tertiary/aromatic N) is 1. The second-order valence-corrected chi connectivity index (χ2v) is 11.1. The van der Waals surface area contributed by atoms with Crippen LogP contribution in [0.25, 0.3) is 0 Å². The zero-order valence-corrected chi connectivity index (χ0v) is 18.7. The predicted octanol–water partition coefficient (Wildman–Crippen LogP) is 5.35. The Kier molecular flexibility index (Phi) is 6.25. The second kappa shape index (κ2) is 7.78. The van der Waals surface area contributed by atoms with Crippen molar-refractivity contribution in [2.24, 2.45) is 0 Å². The van der Waals surface area contributed by atoms with Crippen LogP contribution in [0.3, 0.4) is 0 Å². The highest BCUT2D eigenvalue weighted by atomic mass is 32.1. The number of carboxylic acids is 1. The summed E-state index contributed by atoms with van der Waals surface area (Å²) in [6.45, 7) is 12.0. The normalized spacial score (nSPS) is 14.0. The molecular weight excluding hydrogens is 381 g/mol. The van der Waals surface area contributed by atoms with Crippen LogP contribution in [0.5, 0.6) is 0 Å². The molecule has 0 bridgehead atoms. The molecule has 0 amide bonds. The van der Waals surface area contributed by atoms with Crippen molar-refractivity contribution in [3.63, 3.8) is 0 Å². The van der Waals surface area contributed by atoms with Crippen LogP contribution in [0, 0.1) is 13.8 Å².